The summed E-state index contributed by atoms with van der Waals surface area (Å²) in [5, 5.41) is 18.5. The van der Waals surface area contributed by atoms with E-state index in [2.05, 4.69) is 27.9 Å². The Hall–Kier alpha value is -4.96. The summed E-state index contributed by atoms with van der Waals surface area (Å²) in [6.45, 7) is 0.832. The number of amides is 2. The van der Waals surface area contributed by atoms with E-state index in [-0.39, 0.29) is 30.6 Å². The van der Waals surface area contributed by atoms with Crippen molar-refractivity contribution < 1.29 is 24.2 Å². The van der Waals surface area contributed by atoms with Gasteiger partial charge in [-0.1, -0.05) is 78.9 Å². The quantitative estimate of drug-likeness (QED) is 0.270. The van der Waals surface area contributed by atoms with Crippen molar-refractivity contribution in [2.45, 2.75) is 18.5 Å². The Morgan fingerprint density at radius 2 is 1.59 bits per heavy atom. The molecule has 0 spiro atoms. The number of alkyl carbamates (subject to hydrolysis) is 1. The van der Waals surface area contributed by atoms with Gasteiger partial charge in [0.05, 0.1) is 0 Å². The molecule has 1 heterocycles. The van der Waals surface area contributed by atoms with Crippen molar-refractivity contribution >= 4 is 23.8 Å². The van der Waals surface area contributed by atoms with Gasteiger partial charge in [0.15, 0.2) is 5.69 Å². The zero-order valence-corrected chi connectivity index (χ0v) is 22.8. The Balaban J connectivity index is 1.29. The molecule has 1 aromatic heterocycles. The van der Waals surface area contributed by atoms with Crippen LogP contribution in [0.4, 0.5) is 10.6 Å². The van der Waals surface area contributed by atoms with Gasteiger partial charge in [-0.15, -0.1) is 0 Å². The lowest BCUT2D eigenvalue weighted by atomic mass is 9.98. The van der Waals surface area contributed by atoms with Crippen molar-refractivity contribution in [3.63, 3.8) is 0 Å². The van der Waals surface area contributed by atoms with E-state index in [1.807, 2.05) is 78.7 Å². The zero-order chi connectivity index (χ0) is 28.9. The lowest BCUT2D eigenvalue weighted by Gasteiger charge is -2.24. The number of aromatic nitrogens is 2. The first-order chi connectivity index (χ1) is 19.8. The Kier molecular flexibility index (Phi) is 8.11. The van der Waals surface area contributed by atoms with Crippen LogP contribution in [0, 0.1) is 0 Å². The predicted octanol–water partition coefficient (Wildman–Crippen LogP) is 4.10. The van der Waals surface area contributed by atoms with Crippen LogP contribution >= 0.6 is 0 Å². The number of aromatic carboxylic acids is 1. The van der Waals surface area contributed by atoms with Crippen LogP contribution in [0.3, 0.4) is 0 Å². The molecular weight excluding hydrogens is 522 g/mol. The summed E-state index contributed by atoms with van der Waals surface area (Å²) in [5.41, 5.74) is 5.26. The molecule has 0 aliphatic heterocycles. The van der Waals surface area contributed by atoms with Crippen molar-refractivity contribution in [1.29, 1.82) is 0 Å². The molecule has 3 aromatic carbocycles. The Morgan fingerprint density at radius 1 is 0.976 bits per heavy atom. The normalized spacial score (nSPS) is 12.9. The van der Waals surface area contributed by atoms with Gasteiger partial charge in [-0.05, 0) is 34.9 Å². The largest absolute Gasteiger partial charge is 0.476 e. The van der Waals surface area contributed by atoms with Gasteiger partial charge in [0.2, 0.25) is 5.91 Å². The second-order valence-corrected chi connectivity index (χ2v) is 10.0. The van der Waals surface area contributed by atoms with E-state index < -0.39 is 24.0 Å². The minimum atomic E-state index is -1.21. The minimum absolute atomic E-state index is 0.109. The molecule has 0 fully saturated rings. The first-order valence-electron chi connectivity index (χ1n) is 13.2. The van der Waals surface area contributed by atoms with Crippen LogP contribution in [-0.2, 0) is 23.1 Å². The predicted molar refractivity (Wildman–Crippen MR) is 154 cm³/mol. The first-order valence-corrected chi connectivity index (χ1v) is 13.2. The number of carbonyl (C=O) groups is 3. The lowest BCUT2D eigenvalue weighted by Crippen LogP contribution is -2.50. The Morgan fingerprint density at radius 3 is 2.20 bits per heavy atom. The maximum Gasteiger partial charge on any atom is 0.407 e. The van der Waals surface area contributed by atoms with E-state index in [1.54, 1.807) is 0 Å². The van der Waals surface area contributed by atoms with Crippen LogP contribution < -0.4 is 10.6 Å². The van der Waals surface area contributed by atoms with Crippen molar-refractivity contribution in [3.8, 4) is 11.1 Å². The standard InChI is InChI=1S/C31H31N5O5/c1-35(17-20-10-4-3-5-11-20)18-27(29(37)33-28-16-26(30(38)39)34-36(28)2)32-31(40)41-19-25-23-14-8-6-12-21(23)22-13-7-9-15-24(22)25/h3-16,25,27H,17-19H2,1-2H3,(H,32,40)(H,33,37)(H,38,39). The third-order valence-electron chi connectivity index (χ3n) is 7.09. The number of anilines is 1. The van der Waals surface area contributed by atoms with Gasteiger partial charge in [-0.25, -0.2) is 9.59 Å². The van der Waals surface area contributed by atoms with Gasteiger partial charge in [0.1, 0.15) is 18.5 Å². The first kappa shape index (κ1) is 27.6. The van der Waals surface area contributed by atoms with Crippen LogP contribution in [0.25, 0.3) is 11.1 Å². The van der Waals surface area contributed by atoms with Gasteiger partial charge in [0.25, 0.3) is 0 Å². The van der Waals surface area contributed by atoms with Crippen LogP contribution in [0.15, 0.2) is 84.9 Å². The highest BCUT2D eigenvalue weighted by Crippen LogP contribution is 2.44. The highest BCUT2D eigenvalue weighted by molar-refractivity contribution is 5.97. The van der Waals surface area contributed by atoms with E-state index in [0.29, 0.717) is 6.54 Å². The molecule has 210 valence electrons. The molecule has 10 heteroatoms. The summed E-state index contributed by atoms with van der Waals surface area (Å²) in [6.07, 6.45) is -0.726. The molecule has 2 amide bonds. The number of benzene rings is 3. The number of hydrogen-bond donors (Lipinski definition) is 3. The van der Waals surface area contributed by atoms with Crippen molar-refractivity contribution in [1.82, 2.24) is 20.0 Å². The van der Waals surface area contributed by atoms with Crippen molar-refractivity contribution in [2.75, 3.05) is 25.5 Å². The molecule has 0 saturated carbocycles. The molecule has 3 N–H and O–H groups in total. The van der Waals surface area contributed by atoms with Gasteiger partial charge < -0.3 is 20.5 Å². The number of carboxylic acid groups (broad SMARTS) is 1. The van der Waals surface area contributed by atoms with E-state index in [0.717, 1.165) is 27.8 Å². The highest BCUT2D eigenvalue weighted by Gasteiger charge is 2.30. The minimum Gasteiger partial charge on any atom is -0.476 e. The second-order valence-electron chi connectivity index (χ2n) is 10.0. The number of ether oxygens (including phenoxy) is 1. The summed E-state index contributed by atoms with van der Waals surface area (Å²) >= 11 is 0. The summed E-state index contributed by atoms with van der Waals surface area (Å²) in [7, 11) is 3.37. The van der Waals surface area contributed by atoms with Crippen LogP contribution in [0.1, 0.15) is 33.1 Å². The topological polar surface area (TPSA) is 126 Å². The van der Waals surface area contributed by atoms with Gasteiger partial charge in [0, 0.05) is 32.1 Å². The third kappa shape index (κ3) is 6.28. The number of nitrogens with zero attached hydrogens (tertiary/aromatic N) is 3. The van der Waals surface area contributed by atoms with E-state index >= 15 is 0 Å². The summed E-state index contributed by atoms with van der Waals surface area (Å²) in [6, 6.07) is 26.1. The molecule has 5 rings (SSSR count). The number of carboxylic acids is 1. The number of rotatable bonds is 10. The Bertz CT molecular complexity index is 1520. The fourth-order valence-corrected chi connectivity index (χ4v) is 5.15. The molecule has 0 saturated heterocycles. The van der Waals surface area contributed by atoms with E-state index in [1.165, 1.54) is 17.8 Å². The molecule has 1 atom stereocenters. The summed E-state index contributed by atoms with van der Waals surface area (Å²) in [5.74, 6) is -1.67. The molecule has 0 radical (unpaired) electrons. The molecule has 4 aromatic rings. The Labute approximate surface area is 237 Å². The number of likely N-dealkylation sites (N-methyl/N-ethyl adjacent to an activating group) is 1. The molecule has 1 aliphatic carbocycles. The highest BCUT2D eigenvalue weighted by atomic mass is 16.5. The average Bonchev–Trinajstić information content (AvgIpc) is 3.49. The molecule has 41 heavy (non-hydrogen) atoms. The van der Waals surface area contributed by atoms with Crippen molar-refractivity contribution in [3.05, 3.63) is 107 Å². The fourth-order valence-electron chi connectivity index (χ4n) is 5.15. The molecular formula is C31H31N5O5. The molecule has 1 aliphatic rings. The van der Waals surface area contributed by atoms with Gasteiger partial charge >= 0.3 is 12.1 Å². The van der Waals surface area contributed by atoms with Crippen LogP contribution in [0.2, 0.25) is 0 Å². The fraction of sp³-hybridized carbons (Fsp3) is 0.226. The SMILES string of the molecule is CN(Cc1ccccc1)CC(NC(=O)OCC1c2ccccc2-c2ccccc21)C(=O)Nc1cc(C(=O)O)nn1C. The van der Waals surface area contributed by atoms with Gasteiger partial charge in [-0.3, -0.25) is 14.4 Å². The molecule has 1 unspecified atom stereocenters. The molecule has 0 bridgehead atoms. The number of hydrogen-bond acceptors (Lipinski definition) is 6. The second kappa shape index (κ2) is 12.1. The number of nitrogens with one attached hydrogen (secondary N) is 2. The van der Waals surface area contributed by atoms with E-state index in [4.69, 9.17) is 4.74 Å². The maximum atomic E-state index is 13.4. The maximum absolute atomic E-state index is 13.4. The van der Waals surface area contributed by atoms with Crippen LogP contribution in [0.5, 0.6) is 0 Å². The lowest BCUT2D eigenvalue weighted by molar-refractivity contribution is -0.118. The summed E-state index contributed by atoms with van der Waals surface area (Å²) < 4.78 is 6.95. The van der Waals surface area contributed by atoms with Gasteiger partial charge in [-0.2, -0.15) is 5.10 Å². The summed E-state index contributed by atoms with van der Waals surface area (Å²) in [4.78, 5) is 39.7. The zero-order valence-electron chi connectivity index (χ0n) is 22.8. The third-order valence-corrected chi connectivity index (χ3v) is 7.09. The van der Waals surface area contributed by atoms with Crippen LogP contribution in [-0.4, -0.2) is 64.0 Å². The number of fused-ring (bicyclic) bond motifs is 3. The number of carbonyl (C=O) groups excluding carboxylic acids is 2. The average molecular weight is 554 g/mol. The van der Waals surface area contributed by atoms with Crippen molar-refractivity contribution in [2.24, 2.45) is 7.05 Å². The van der Waals surface area contributed by atoms with E-state index in [9.17, 15) is 19.5 Å². The molecule has 10 nitrogen and oxygen atoms in total. The monoisotopic (exact) mass is 553 g/mol. The number of aryl methyl sites for hydroxylation is 1. The smallest absolute Gasteiger partial charge is 0.407 e.